The first-order chi connectivity index (χ1) is 6.61. The Morgan fingerprint density at radius 1 is 0.875 bits per heavy atom. The molecule has 0 bridgehead atoms. The molecule has 102 valence electrons. The van der Waals surface area contributed by atoms with Crippen molar-refractivity contribution in [3.8, 4) is 0 Å². The summed E-state index contributed by atoms with van der Waals surface area (Å²) in [6, 6.07) is 0. The van der Waals surface area contributed by atoms with Crippen LogP contribution >= 0.6 is 0 Å². The lowest BCUT2D eigenvalue weighted by molar-refractivity contribution is 0.0690. The molecule has 0 spiro atoms. The van der Waals surface area contributed by atoms with Gasteiger partial charge in [0.25, 0.3) is 0 Å². The molecule has 2 N–H and O–H groups in total. The number of nitrogens with zero attached hydrogens (tertiary/aromatic N) is 1. The number of rotatable bonds is 0. The van der Waals surface area contributed by atoms with Crippen LogP contribution in [0.15, 0.2) is 0 Å². The lowest BCUT2D eigenvalue weighted by Gasteiger charge is -2.42. The third-order valence-corrected chi connectivity index (χ3v) is 1.80. The molecule has 0 radical (unpaired) electrons. The second kappa shape index (κ2) is 9.00. The average Bonchev–Trinajstić information content (AvgIpc) is 1.79. The SMILES string of the molecule is C.CC.CC(C)(C)N.CC(C)(C)N1CCC1. The van der Waals surface area contributed by atoms with Crippen molar-refractivity contribution < 1.29 is 0 Å². The summed E-state index contributed by atoms with van der Waals surface area (Å²) in [7, 11) is 0. The molecule has 0 atom stereocenters. The topological polar surface area (TPSA) is 29.3 Å². The molecule has 1 saturated heterocycles. The highest BCUT2D eigenvalue weighted by Gasteiger charge is 2.25. The molecule has 16 heavy (non-hydrogen) atoms. The van der Waals surface area contributed by atoms with Crippen LogP contribution in [0.3, 0.4) is 0 Å². The highest BCUT2D eigenvalue weighted by molar-refractivity contribution is 4.81. The third-order valence-electron chi connectivity index (χ3n) is 1.80. The molecular weight excluding hydrogens is 196 g/mol. The lowest BCUT2D eigenvalue weighted by Crippen LogP contribution is -2.49. The van der Waals surface area contributed by atoms with Gasteiger partial charge in [0.15, 0.2) is 0 Å². The maximum absolute atomic E-state index is 5.35. The zero-order chi connectivity index (χ0) is 12.7. The molecule has 0 aliphatic carbocycles. The molecule has 2 heteroatoms. The van der Waals surface area contributed by atoms with Gasteiger partial charge in [-0.05, 0) is 61.1 Å². The normalized spacial score (nSPS) is 15.6. The smallest absolute Gasteiger partial charge is 0.0125 e. The van der Waals surface area contributed by atoms with Crippen molar-refractivity contribution in [2.45, 2.75) is 80.3 Å². The quantitative estimate of drug-likeness (QED) is 0.686. The Kier molecular flexibility index (Phi) is 11.9. The van der Waals surface area contributed by atoms with Gasteiger partial charge < -0.3 is 5.73 Å². The summed E-state index contributed by atoms with van der Waals surface area (Å²) in [5, 5.41) is 0. The number of likely N-dealkylation sites (tertiary alicyclic amines) is 1. The van der Waals surface area contributed by atoms with Crippen LogP contribution in [0.5, 0.6) is 0 Å². The van der Waals surface area contributed by atoms with Crippen LogP contribution < -0.4 is 5.73 Å². The predicted octanol–water partition coefficient (Wildman–Crippen LogP) is 3.90. The second-order valence-corrected chi connectivity index (χ2v) is 5.88. The summed E-state index contributed by atoms with van der Waals surface area (Å²) in [4.78, 5) is 2.49. The van der Waals surface area contributed by atoms with Crippen LogP contribution in [0.4, 0.5) is 0 Å². The molecule has 0 amide bonds. The summed E-state index contributed by atoms with van der Waals surface area (Å²) in [6.45, 7) is 19.3. The molecule has 1 heterocycles. The van der Waals surface area contributed by atoms with Gasteiger partial charge in [0.05, 0.1) is 0 Å². The van der Waals surface area contributed by atoms with Crippen LogP contribution in [-0.4, -0.2) is 29.1 Å². The van der Waals surface area contributed by atoms with E-state index in [2.05, 4.69) is 25.7 Å². The molecule has 1 fully saturated rings. The Bertz CT molecular complexity index is 130. The molecule has 0 saturated carbocycles. The van der Waals surface area contributed by atoms with E-state index in [-0.39, 0.29) is 13.0 Å². The van der Waals surface area contributed by atoms with E-state index in [9.17, 15) is 0 Å². The Morgan fingerprint density at radius 2 is 1.12 bits per heavy atom. The van der Waals surface area contributed by atoms with Crippen molar-refractivity contribution in [3.05, 3.63) is 0 Å². The average molecular weight is 232 g/mol. The molecule has 1 aliphatic rings. The summed E-state index contributed by atoms with van der Waals surface area (Å²) >= 11 is 0. The van der Waals surface area contributed by atoms with Crippen molar-refractivity contribution in [2.75, 3.05) is 13.1 Å². The molecule has 2 nitrogen and oxygen atoms in total. The van der Waals surface area contributed by atoms with Gasteiger partial charge in [-0.3, -0.25) is 4.90 Å². The number of nitrogens with two attached hydrogens (primary N) is 1. The van der Waals surface area contributed by atoms with E-state index in [1.807, 2.05) is 34.6 Å². The number of hydrogen-bond acceptors (Lipinski definition) is 2. The van der Waals surface area contributed by atoms with E-state index >= 15 is 0 Å². The fourth-order valence-corrected chi connectivity index (χ4v) is 0.987. The summed E-state index contributed by atoms with van der Waals surface area (Å²) < 4.78 is 0. The molecule has 1 rings (SSSR count). The van der Waals surface area contributed by atoms with Gasteiger partial charge in [-0.25, -0.2) is 0 Å². The zero-order valence-corrected chi connectivity index (χ0v) is 12.1. The van der Waals surface area contributed by atoms with E-state index in [0.29, 0.717) is 5.54 Å². The Morgan fingerprint density at radius 3 is 1.12 bits per heavy atom. The molecule has 0 aromatic heterocycles. The highest BCUT2D eigenvalue weighted by Crippen LogP contribution is 2.19. The van der Waals surface area contributed by atoms with Gasteiger partial charge in [-0.1, -0.05) is 21.3 Å². The van der Waals surface area contributed by atoms with E-state index in [1.165, 1.54) is 19.5 Å². The van der Waals surface area contributed by atoms with Gasteiger partial charge >= 0.3 is 0 Å². The summed E-state index contributed by atoms with van der Waals surface area (Å²) in [5.74, 6) is 0. The fraction of sp³-hybridized carbons (Fsp3) is 1.00. The maximum Gasteiger partial charge on any atom is 0.0125 e. The zero-order valence-electron chi connectivity index (χ0n) is 12.1. The van der Waals surface area contributed by atoms with Crippen molar-refractivity contribution in [1.29, 1.82) is 0 Å². The summed E-state index contributed by atoms with van der Waals surface area (Å²) in [6.07, 6.45) is 1.40. The maximum atomic E-state index is 5.35. The minimum Gasteiger partial charge on any atom is -0.326 e. The van der Waals surface area contributed by atoms with Crippen LogP contribution in [0.1, 0.15) is 69.2 Å². The summed E-state index contributed by atoms with van der Waals surface area (Å²) in [5.41, 5.74) is 5.78. The van der Waals surface area contributed by atoms with Crippen molar-refractivity contribution in [3.63, 3.8) is 0 Å². The van der Waals surface area contributed by atoms with E-state index in [1.54, 1.807) is 0 Å². The number of hydrogen-bond donors (Lipinski definition) is 1. The second-order valence-electron chi connectivity index (χ2n) is 5.88. The van der Waals surface area contributed by atoms with E-state index < -0.39 is 0 Å². The minimum atomic E-state index is 0. The standard InChI is InChI=1S/C7H15N.C4H11N.C2H6.CH4/c1-7(2,3)8-5-4-6-8;1-4(2,3)5;1-2;/h4-6H2,1-3H3;5H2,1-3H3;1-2H3;1H4. The molecule has 0 unspecified atom stereocenters. The minimum absolute atomic E-state index is 0. The van der Waals surface area contributed by atoms with E-state index in [0.717, 1.165) is 0 Å². The first-order valence-corrected chi connectivity index (χ1v) is 6.14. The van der Waals surface area contributed by atoms with Crippen LogP contribution in [0.25, 0.3) is 0 Å². The van der Waals surface area contributed by atoms with E-state index in [4.69, 9.17) is 5.73 Å². The Balaban J connectivity index is -0.000000187. The molecular formula is C14H36N2. The Hall–Kier alpha value is -0.0800. The van der Waals surface area contributed by atoms with Crippen LogP contribution in [-0.2, 0) is 0 Å². The van der Waals surface area contributed by atoms with Crippen molar-refractivity contribution >= 4 is 0 Å². The van der Waals surface area contributed by atoms with Gasteiger partial charge in [-0.2, -0.15) is 0 Å². The molecule has 1 aliphatic heterocycles. The van der Waals surface area contributed by atoms with Crippen molar-refractivity contribution in [2.24, 2.45) is 5.73 Å². The lowest BCUT2D eigenvalue weighted by atomic mass is 10.0. The highest BCUT2D eigenvalue weighted by atomic mass is 15.2. The largest absolute Gasteiger partial charge is 0.326 e. The first kappa shape index (κ1) is 21.2. The van der Waals surface area contributed by atoms with Gasteiger partial charge in [0, 0.05) is 11.1 Å². The van der Waals surface area contributed by atoms with Gasteiger partial charge in [0.2, 0.25) is 0 Å². The molecule has 0 aromatic rings. The van der Waals surface area contributed by atoms with Gasteiger partial charge in [0.1, 0.15) is 0 Å². The van der Waals surface area contributed by atoms with Crippen molar-refractivity contribution in [1.82, 2.24) is 4.90 Å². The first-order valence-electron chi connectivity index (χ1n) is 6.14. The fourth-order valence-electron chi connectivity index (χ4n) is 0.987. The predicted molar refractivity (Wildman–Crippen MR) is 78.0 cm³/mol. The van der Waals surface area contributed by atoms with Crippen LogP contribution in [0.2, 0.25) is 0 Å². The van der Waals surface area contributed by atoms with Crippen LogP contribution in [0, 0.1) is 0 Å². The third kappa shape index (κ3) is 16.4. The van der Waals surface area contributed by atoms with Gasteiger partial charge in [-0.15, -0.1) is 0 Å². The Labute approximate surface area is 105 Å². The molecule has 0 aromatic carbocycles. The monoisotopic (exact) mass is 232 g/mol.